The van der Waals surface area contributed by atoms with E-state index in [9.17, 15) is 4.79 Å². The number of likely N-dealkylation sites (tertiary alicyclic amines) is 1. The van der Waals surface area contributed by atoms with E-state index in [1.165, 1.54) is 0 Å². The molecule has 0 saturated carbocycles. The number of hydrogen-bond acceptors (Lipinski definition) is 6. The van der Waals surface area contributed by atoms with Gasteiger partial charge in [-0.05, 0) is 52.8 Å². The Bertz CT molecular complexity index is 1140. The number of amides is 1. The minimum Gasteiger partial charge on any atom is -0.490 e. The average Bonchev–Trinajstić information content (AvgIpc) is 3.09. The molecule has 1 aromatic carbocycles. The number of carbonyl (C=O) groups excluding carboxylic acids is 1. The molecule has 4 rings (SSSR count). The molecule has 0 bridgehead atoms. The summed E-state index contributed by atoms with van der Waals surface area (Å²) < 4.78 is 13.6. The molecule has 0 aliphatic carbocycles. The topological polar surface area (TPSA) is 82.4 Å². The van der Waals surface area contributed by atoms with E-state index in [1.54, 1.807) is 4.68 Å². The van der Waals surface area contributed by atoms with Gasteiger partial charge in [0.05, 0.1) is 18.7 Å². The molecular weight excluding hydrogens is 430 g/mol. The maximum Gasteiger partial charge on any atom is 0.251 e. The second kappa shape index (κ2) is 10.2. The first-order valence-electron chi connectivity index (χ1n) is 11.9. The standard InChI is InChI=1S/C26H33N5O3/c1-6-33-23-9-7-8-10-24(23)34-21-11-13-30(14-12-21)25(32)16-22-19(4)29-31(20(22)5)26-27-17(2)15-18(3)28-26/h7-10,15,21H,6,11-14,16H2,1-5H3. The first-order valence-corrected chi connectivity index (χ1v) is 11.9. The van der Waals surface area contributed by atoms with Crippen molar-refractivity contribution in [2.24, 2.45) is 0 Å². The van der Waals surface area contributed by atoms with Crippen LogP contribution in [0, 0.1) is 27.7 Å². The molecule has 2 aromatic heterocycles. The van der Waals surface area contributed by atoms with Crippen LogP contribution < -0.4 is 9.47 Å². The second-order valence-corrected chi connectivity index (χ2v) is 8.77. The molecule has 1 aliphatic heterocycles. The SMILES string of the molecule is CCOc1ccccc1OC1CCN(C(=O)Cc2c(C)nn(-c3nc(C)cc(C)n3)c2C)CC1. The highest BCUT2D eigenvalue weighted by atomic mass is 16.5. The van der Waals surface area contributed by atoms with Gasteiger partial charge in [0.25, 0.3) is 5.95 Å². The molecule has 1 amide bonds. The molecule has 0 atom stereocenters. The van der Waals surface area contributed by atoms with Crippen molar-refractivity contribution in [1.82, 2.24) is 24.6 Å². The van der Waals surface area contributed by atoms with E-state index < -0.39 is 0 Å². The van der Waals surface area contributed by atoms with Crippen LogP contribution in [0.4, 0.5) is 0 Å². The van der Waals surface area contributed by atoms with E-state index in [0.717, 1.165) is 52.7 Å². The van der Waals surface area contributed by atoms with Gasteiger partial charge in [0.15, 0.2) is 11.5 Å². The zero-order valence-corrected chi connectivity index (χ0v) is 20.7. The van der Waals surface area contributed by atoms with Crippen LogP contribution in [0.2, 0.25) is 0 Å². The molecule has 0 unspecified atom stereocenters. The van der Waals surface area contributed by atoms with Crippen LogP contribution in [0.3, 0.4) is 0 Å². The number of para-hydroxylation sites is 2. The Morgan fingerprint density at radius 1 is 1.03 bits per heavy atom. The van der Waals surface area contributed by atoms with Crippen molar-refractivity contribution in [3.8, 4) is 17.4 Å². The maximum absolute atomic E-state index is 13.1. The number of carbonyl (C=O) groups is 1. The van der Waals surface area contributed by atoms with E-state index in [0.29, 0.717) is 32.1 Å². The summed E-state index contributed by atoms with van der Waals surface area (Å²) in [5, 5.41) is 4.63. The molecule has 34 heavy (non-hydrogen) atoms. The molecule has 0 radical (unpaired) electrons. The van der Waals surface area contributed by atoms with Gasteiger partial charge in [0, 0.05) is 48.6 Å². The van der Waals surface area contributed by atoms with Crippen molar-refractivity contribution in [1.29, 1.82) is 0 Å². The Morgan fingerprint density at radius 2 is 1.68 bits per heavy atom. The summed E-state index contributed by atoms with van der Waals surface area (Å²) in [4.78, 5) is 24.1. The van der Waals surface area contributed by atoms with Crippen LogP contribution in [-0.2, 0) is 11.2 Å². The fourth-order valence-corrected chi connectivity index (χ4v) is 4.42. The van der Waals surface area contributed by atoms with Crippen LogP contribution in [-0.4, -0.2) is 56.4 Å². The number of rotatable bonds is 7. The molecule has 8 heteroatoms. The van der Waals surface area contributed by atoms with Gasteiger partial charge in [-0.3, -0.25) is 4.79 Å². The number of piperidine rings is 1. The van der Waals surface area contributed by atoms with Gasteiger partial charge in [0.1, 0.15) is 6.10 Å². The van der Waals surface area contributed by atoms with Gasteiger partial charge in [-0.2, -0.15) is 5.10 Å². The summed E-state index contributed by atoms with van der Waals surface area (Å²) in [5.41, 5.74) is 4.46. The van der Waals surface area contributed by atoms with E-state index in [1.807, 2.05) is 69.9 Å². The Labute approximate surface area is 200 Å². The summed E-state index contributed by atoms with van der Waals surface area (Å²) in [5.74, 6) is 2.18. The van der Waals surface area contributed by atoms with Gasteiger partial charge in [-0.25, -0.2) is 14.6 Å². The number of ether oxygens (including phenoxy) is 2. The lowest BCUT2D eigenvalue weighted by molar-refractivity contribution is -0.132. The molecule has 180 valence electrons. The third-order valence-electron chi connectivity index (χ3n) is 6.17. The first-order chi connectivity index (χ1) is 16.4. The van der Waals surface area contributed by atoms with E-state index >= 15 is 0 Å². The Hall–Kier alpha value is -3.42. The first kappa shape index (κ1) is 23.7. The molecule has 8 nitrogen and oxygen atoms in total. The minimum atomic E-state index is 0.0681. The maximum atomic E-state index is 13.1. The summed E-state index contributed by atoms with van der Waals surface area (Å²) in [7, 11) is 0. The number of hydrogen-bond donors (Lipinski definition) is 0. The third kappa shape index (κ3) is 5.21. The van der Waals surface area contributed by atoms with Crippen molar-refractivity contribution < 1.29 is 14.3 Å². The Balaban J connectivity index is 1.39. The zero-order valence-electron chi connectivity index (χ0n) is 20.7. The molecule has 0 N–H and O–H groups in total. The van der Waals surface area contributed by atoms with Crippen LogP contribution in [0.1, 0.15) is 48.1 Å². The zero-order chi connectivity index (χ0) is 24.2. The predicted molar refractivity (Wildman–Crippen MR) is 130 cm³/mol. The van der Waals surface area contributed by atoms with Crippen molar-refractivity contribution in [2.75, 3.05) is 19.7 Å². The quantitative estimate of drug-likeness (QED) is 0.528. The molecule has 1 aliphatic rings. The fourth-order valence-electron chi connectivity index (χ4n) is 4.42. The smallest absolute Gasteiger partial charge is 0.251 e. The van der Waals surface area contributed by atoms with Gasteiger partial charge < -0.3 is 14.4 Å². The largest absolute Gasteiger partial charge is 0.490 e. The number of aromatic nitrogens is 4. The van der Waals surface area contributed by atoms with E-state index in [4.69, 9.17) is 9.47 Å². The van der Waals surface area contributed by atoms with Crippen molar-refractivity contribution in [2.45, 2.75) is 60.0 Å². The summed E-state index contributed by atoms with van der Waals surface area (Å²) >= 11 is 0. The highest BCUT2D eigenvalue weighted by Crippen LogP contribution is 2.29. The van der Waals surface area contributed by atoms with Crippen molar-refractivity contribution in [3.63, 3.8) is 0 Å². The number of aryl methyl sites for hydroxylation is 3. The summed E-state index contributed by atoms with van der Waals surface area (Å²) in [6.45, 7) is 11.7. The average molecular weight is 464 g/mol. The molecule has 3 heterocycles. The molecule has 3 aromatic rings. The normalized spacial score (nSPS) is 14.3. The molecule has 0 spiro atoms. The van der Waals surface area contributed by atoms with Gasteiger partial charge in [-0.15, -0.1) is 0 Å². The third-order valence-corrected chi connectivity index (χ3v) is 6.17. The minimum absolute atomic E-state index is 0.0681. The van der Waals surface area contributed by atoms with Gasteiger partial charge >= 0.3 is 0 Å². The van der Waals surface area contributed by atoms with Crippen LogP contribution >= 0.6 is 0 Å². The molecular formula is C26H33N5O3. The fraction of sp³-hybridized carbons (Fsp3) is 0.462. The van der Waals surface area contributed by atoms with Gasteiger partial charge in [-0.1, -0.05) is 12.1 Å². The second-order valence-electron chi connectivity index (χ2n) is 8.77. The number of nitrogens with zero attached hydrogens (tertiary/aromatic N) is 5. The van der Waals surface area contributed by atoms with Crippen LogP contribution in [0.15, 0.2) is 30.3 Å². The summed E-state index contributed by atoms with van der Waals surface area (Å²) in [6, 6.07) is 9.68. The van der Waals surface area contributed by atoms with Gasteiger partial charge in [0.2, 0.25) is 5.91 Å². The van der Waals surface area contributed by atoms with Crippen LogP contribution in [0.5, 0.6) is 11.5 Å². The monoisotopic (exact) mass is 463 g/mol. The molecule has 1 fully saturated rings. The van der Waals surface area contributed by atoms with E-state index in [-0.39, 0.29) is 12.0 Å². The lowest BCUT2D eigenvalue weighted by Crippen LogP contribution is -2.42. The van der Waals surface area contributed by atoms with E-state index in [2.05, 4.69) is 15.1 Å². The lowest BCUT2D eigenvalue weighted by Gasteiger charge is -2.32. The highest BCUT2D eigenvalue weighted by Gasteiger charge is 2.26. The lowest BCUT2D eigenvalue weighted by atomic mass is 10.0. The summed E-state index contributed by atoms with van der Waals surface area (Å²) in [6.07, 6.45) is 1.97. The van der Waals surface area contributed by atoms with Crippen LogP contribution in [0.25, 0.3) is 5.95 Å². The molecule has 1 saturated heterocycles. The Morgan fingerprint density at radius 3 is 2.32 bits per heavy atom. The Kier molecular flexibility index (Phi) is 7.14. The van der Waals surface area contributed by atoms with Crippen molar-refractivity contribution >= 4 is 5.91 Å². The number of benzene rings is 1. The predicted octanol–water partition coefficient (Wildman–Crippen LogP) is 3.91. The van der Waals surface area contributed by atoms with Crippen molar-refractivity contribution in [3.05, 3.63) is 58.7 Å². The highest BCUT2D eigenvalue weighted by molar-refractivity contribution is 5.79.